The fourth-order valence-electron chi connectivity index (χ4n) is 5.06. The summed E-state index contributed by atoms with van der Waals surface area (Å²) in [4.78, 5) is 17.0. The largest absolute Gasteiger partial charge is 0.363 e. The summed E-state index contributed by atoms with van der Waals surface area (Å²) in [7, 11) is 0. The normalized spacial score (nSPS) is 23.6. The SMILES string of the molecule is CC1(C)C[C@@H]2CN(C(=O)Cc3ccccc3F)CC[C@@H]2N1c1cccc(F)c1. The monoisotopic (exact) mass is 384 g/mol. The highest BCUT2D eigenvalue weighted by Gasteiger charge is 2.48. The third-order valence-corrected chi connectivity index (χ3v) is 6.18. The molecule has 2 aromatic carbocycles. The van der Waals surface area contributed by atoms with Crippen molar-refractivity contribution >= 4 is 11.6 Å². The van der Waals surface area contributed by atoms with E-state index in [9.17, 15) is 13.6 Å². The number of benzene rings is 2. The number of anilines is 1. The van der Waals surface area contributed by atoms with Crippen LogP contribution in [0.15, 0.2) is 48.5 Å². The first-order valence-electron chi connectivity index (χ1n) is 9.91. The molecule has 148 valence electrons. The Bertz CT molecular complexity index is 882. The molecule has 0 aromatic heterocycles. The number of hydrogen-bond acceptors (Lipinski definition) is 2. The molecule has 2 atom stereocenters. The molecule has 0 aliphatic carbocycles. The smallest absolute Gasteiger partial charge is 0.227 e. The number of carbonyl (C=O) groups excluding carboxylic acids is 1. The standard InChI is InChI=1S/C23H26F2N2O/c1-23(2)14-17-15-26(22(28)12-16-6-3-4-9-20(16)25)11-10-21(17)27(23)19-8-5-7-18(24)13-19/h3-9,13,17,21H,10-12,14-15H2,1-2H3/t17-,21+/m1/s1. The topological polar surface area (TPSA) is 23.6 Å². The van der Waals surface area contributed by atoms with Crippen LogP contribution in [0.1, 0.15) is 32.3 Å². The van der Waals surface area contributed by atoms with Crippen LogP contribution in [0.25, 0.3) is 0 Å². The summed E-state index contributed by atoms with van der Waals surface area (Å²) in [6.45, 7) is 5.69. The van der Waals surface area contributed by atoms with E-state index in [2.05, 4.69) is 18.7 Å². The van der Waals surface area contributed by atoms with E-state index in [-0.39, 0.29) is 35.5 Å². The van der Waals surface area contributed by atoms with Crippen molar-refractivity contribution in [3.63, 3.8) is 0 Å². The van der Waals surface area contributed by atoms with E-state index in [1.54, 1.807) is 30.3 Å². The molecule has 0 bridgehead atoms. The molecule has 2 heterocycles. The number of amides is 1. The summed E-state index contributed by atoms with van der Waals surface area (Å²) in [5.74, 6) is -0.249. The Balaban J connectivity index is 1.49. The number of likely N-dealkylation sites (tertiary alicyclic amines) is 1. The van der Waals surface area contributed by atoms with Gasteiger partial charge in [-0.05, 0) is 62.4 Å². The first-order chi connectivity index (χ1) is 13.3. The first kappa shape index (κ1) is 18.9. The van der Waals surface area contributed by atoms with Gasteiger partial charge in [0.05, 0.1) is 6.42 Å². The number of hydrogen-bond donors (Lipinski definition) is 0. The van der Waals surface area contributed by atoms with Crippen molar-refractivity contribution in [3.8, 4) is 0 Å². The third kappa shape index (κ3) is 3.50. The lowest BCUT2D eigenvalue weighted by Crippen LogP contribution is -2.50. The molecule has 0 radical (unpaired) electrons. The van der Waals surface area contributed by atoms with Crippen molar-refractivity contribution in [2.75, 3.05) is 18.0 Å². The summed E-state index contributed by atoms with van der Waals surface area (Å²) in [5, 5.41) is 0. The second kappa shape index (κ2) is 7.19. The van der Waals surface area contributed by atoms with E-state index in [4.69, 9.17) is 0 Å². The van der Waals surface area contributed by atoms with Crippen LogP contribution in [0.5, 0.6) is 0 Å². The molecule has 1 amide bonds. The van der Waals surface area contributed by atoms with Gasteiger partial charge in [-0.25, -0.2) is 8.78 Å². The Morgan fingerprint density at radius 2 is 1.93 bits per heavy atom. The molecule has 0 unspecified atom stereocenters. The minimum absolute atomic E-state index is 0.0226. The number of halogens is 2. The van der Waals surface area contributed by atoms with E-state index in [1.807, 2.05) is 11.0 Å². The van der Waals surface area contributed by atoms with Crippen LogP contribution in [0, 0.1) is 17.6 Å². The molecule has 0 spiro atoms. The molecule has 5 heteroatoms. The molecule has 0 N–H and O–H groups in total. The van der Waals surface area contributed by atoms with E-state index in [0.717, 1.165) is 18.5 Å². The molecule has 4 rings (SSSR count). The van der Waals surface area contributed by atoms with Gasteiger partial charge in [-0.1, -0.05) is 24.3 Å². The molecular formula is C23H26F2N2O. The maximum atomic E-state index is 13.9. The average molecular weight is 384 g/mol. The van der Waals surface area contributed by atoms with Crippen LogP contribution < -0.4 is 4.90 Å². The fraction of sp³-hybridized carbons (Fsp3) is 0.435. The van der Waals surface area contributed by atoms with Crippen molar-refractivity contribution in [1.29, 1.82) is 0 Å². The van der Waals surface area contributed by atoms with E-state index in [0.29, 0.717) is 24.6 Å². The second-order valence-corrected chi connectivity index (χ2v) is 8.59. The van der Waals surface area contributed by atoms with Crippen LogP contribution in [0.4, 0.5) is 14.5 Å². The summed E-state index contributed by atoms with van der Waals surface area (Å²) in [6, 6.07) is 13.5. The van der Waals surface area contributed by atoms with Gasteiger partial charge in [-0.3, -0.25) is 4.79 Å². The Labute approximate surface area is 165 Å². The summed E-state index contributed by atoms with van der Waals surface area (Å²) >= 11 is 0. The molecule has 28 heavy (non-hydrogen) atoms. The zero-order chi connectivity index (χ0) is 19.9. The van der Waals surface area contributed by atoms with Gasteiger partial charge in [0.2, 0.25) is 5.91 Å². The van der Waals surface area contributed by atoms with Gasteiger partial charge in [-0.2, -0.15) is 0 Å². The molecule has 3 nitrogen and oxygen atoms in total. The van der Waals surface area contributed by atoms with Crippen LogP contribution in [0.3, 0.4) is 0 Å². The Morgan fingerprint density at radius 1 is 1.14 bits per heavy atom. The van der Waals surface area contributed by atoms with Gasteiger partial charge in [0.1, 0.15) is 11.6 Å². The van der Waals surface area contributed by atoms with Crippen LogP contribution in [-0.4, -0.2) is 35.5 Å². The average Bonchev–Trinajstić information content (AvgIpc) is 2.92. The Kier molecular flexibility index (Phi) is 4.86. The molecule has 2 fully saturated rings. The minimum atomic E-state index is -0.329. The predicted octanol–water partition coefficient (Wildman–Crippen LogP) is 4.41. The highest BCUT2D eigenvalue weighted by Crippen LogP contribution is 2.44. The zero-order valence-corrected chi connectivity index (χ0v) is 16.4. The lowest BCUT2D eigenvalue weighted by atomic mass is 9.89. The van der Waals surface area contributed by atoms with Crippen LogP contribution in [0.2, 0.25) is 0 Å². The van der Waals surface area contributed by atoms with Crippen molar-refractivity contribution in [1.82, 2.24) is 4.90 Å². The predicted molar refractivity (Wildman–Crippen MR) is 106 cm³/mol. The second-order valence-electron chi connectivity index (χ2n) is 8.59. The quantitative estimate of drug-likeness (QED) is 0.782. The molecular weight excluding hydrogens is 358 g/mol. The van der Waals surface area contributed by atoms with Crippen LogP contribution >= 0.6 is 0 Å². The number of carbonyl (C=O) groups is 1. The van der Waals surface area contributed by atoms with E-state index in [1.165, 1.54) is 12.1 Å². The van der Waals surface area contributed by atoms with Gasteiger partial charge in [0.15, 0.2) is 0 Å². The van der Waals surface area contributed by atoms with E-state index < -0.39 is 0 Å². The number of nitrogens with zero attached hydrogens (tertiary/aromatic N) is 2. The fourth-order valence-corrected chi connectivity index (χ4v) is 5.06. The molecule has 2 aliphatic heterocycles. The van der Waals surface area contributed by atoms with Crippen LogP contribution in [-0.2, 0) is 11.2 Å². The third-order valence-electron chi connectivity index (χ3n) is 6.18. The number of piperidine rings is 1. The Morgan fingerprint density at radius 3 is 2.68 bits per heavy atom. The maximum absolute atomic E-state index is 13.9. The highest BCUT2D eigenvalue weighted by atomic mass is 19.1. The summed E-state index contributed by atoms with van der Waals surface area (Å²) in [5.41, 5.74) is 1.25. The van der Waals surface area contributed by atoms with E-state index >= 15 is 0 Å². The van der Waals surface area contributed by atoms with Crippen molar-refractivity contribution in [2.45, 2.75) is 44.7 Å². The zero-order valence-electron chi connectivity index (χ0n) is 16.4. The number of rotatable bonds is 3. The van der Waals surface area contributed by atoms with Crippen molar-refractivity contribution in [2.24, 2.45) is 5.92 Å². The highest BCUT2D eigenvalue weighted by molar-refractivity contribution is 5.79. The lowest BCUT2D eigenvalue weighted by molar-refractivity contribution is -0.132. The minimum Gasteiger partial charge on any atom is -0.363 e. The molecule has 0 saturated carbocycles. The van der Waals surface area contributed by atoms with Gasteiger partial charge in [0.25, 0.3) is 0 Å². The molecule has 2 aliphatic rings. The molecule has 2 aromatic rings. The first-order valence-corrected chi connectivity index (χ1v) is 9.91. The van der Waals surface area contributed by atoms with Gasteiger partial charge in [-0.15, -0.1) is 0 Å². The molecule has 2 saturated heterocycles. The Hall–Kier alpha value is -2.43. The van der Waals surface area contributed by atoms with Gasteiger partial charge >= 0.3 is 0 Å². The lowest BCUT2D eigenvalue weighted by Gasteiger charge is -2.42. The van der Waals surface area contributed by atoms with Crippen molar-refractivity contribution in [3.05, 3.63) is 65.7 Å². The number of fused-ring (bicyclic) bond motifs is 1. The van der Waals surface area contributed by atoms with Crippen molar-refractivity contribution < 1.29 is 13.6 Å². The van der Waals surface area contributed by atoms with Gasteiger partial charge < -0.3 is 9.80 Å². The summed E-state index contributed by atoms with van der Waals surface area (Å²) < 4.78 is 27.7. The maximum Gasteiger partial charge on any atom is 0.227 e. The summed E-state index contributed by atoms with van der Waals surface area (Å²) in [6.07, 6.45) is 1.88. The van der Waals surface area contributed by atoms with Gasteiger partial charge in [0, 0.05) is 30.4 Å².